The molecule has 3 aromatic carbocycles. The van der Waals surface area contributed by atoms with Gasteiger partial charge in [-0.15, -0.1) is 0 Å². The van der Waals surface area contributed by atoms with Gasteiger partial charge in [0.2, 0.25) is 5.88 Å². The number of fused-ring (bicyclic) bond motifs is 1. The molecule has 0 saturated heterocycles. The van der Waals surface area contributed by atoms with Crippen LogP contribution >= 0.6 is 0 Å². The number of carbonyl (C=O) groups is 1. The summed E-state index contributed by atoms with van der Waals surface area (Å²) >= 11 is 0. The molecule has 0 saturated carbocycles. The first-order valence-electron chi connectivity index (χ1n) is 13.1. The molecule has 4 N–H and O–H groups in total. The van der Waals surface area contributed by atoms with E-state index < -0.39 is 0 Å². The van der Waals surface area contributed by atoms with Gasteiger partial charge in [0.1, 0.15) is 5.75 Å². The molecule has 2 heterocycles. The highest BCUT2D eigenvalue weighted by Crippen LogP contribution is 2.35. The van der Waals surface area contributed by atoms with E-state index in [2.05, 4.69) is 22.5 Å². The van der Waals surface area contributed by atoms with Gasteiger partial charge in [-0.05, 0) is 67.8 Å². The summed E-state index contributed by atoms with van der Waals surface area (Å²) in [7, 11) is 1.87. The lowest BCUT2D eigenvalue weighted by molar-refractivity contribution is 0.0986. The van der Waals surface area contributed by atoms with Gasteiger partial charge in [-0.2, -0.15) is 0 Å². The molecule has 4 aromatic rings. The molecule has 0 bridgehead atoms. The van der Waals surface area contributed by atoms with Gasteiger partial charge < -0.3 is 30.4 Å². The van der Waals surface area contributed by atoms with Crippen molar-refractivity contribution >= 4 is 23.0 Å². The van der Waals surface area contributed by atoms with Crippen molar-refractivity contribution in [2.24, 2.45) is 0 Å². The quantitative estimate of drug-likeness (QED) is 0.242. The number of para-hydroxylation sites is 2. The van der Waals surface area contributed by atoms with Crippen molar-refractivity contribution in [2.75, 3.05) is 35.7 Å². The fourth-order valence-electron chi connectivity index (χ4n) is 4.82. The van der Waals surface area contributed by atoms with Crippen LogP contribution in [0.15, 0.2) is 77.7 Å². The summed E-state index contributed by atoms with van der Waals surface area (Å²) in [4.78, 5) is 30.0. The number of hydrogen-bond acceptors (Lipinski definition) is 6. The van der Waals surface area contributed by atoms with Crippen LogP contribution in [0.1, 0.15) is 30.1 Å². The number of aromatic nitrogens is 2. The Morgan fingerprint density at radius 2 is 1.92 bits per heavy atom. The van der Waals surface area contributed by atoms with Crippen molar-refractivity contribution in [3.8, 4) is 22.8 Å². The summed E-state index contributed by atoms with van der Waals surface area (Å²) in [6, 6.07) is 21.7. The Kier molecular flexibility index (Phi) is 7.58. The molecule has 5 rings (SSSR count). The van der Waals surface area contributed by atoms with Crippen molar-refractivity contribution in [3.63, 3.8) is 0 Å². The third-order valence-corrected chi connectivity index (χ3v) is 6.97. The highest BCUT2D eigenvalue weighted by atomic mass is 16.5. The number of aromatic hydroxyl groups is 1. The third kappa shape index (κ3) is 5.62. The lowest BCUT2D eigenvalue weighted by Crippen LogP contribution is -2.32. The van der Waals surface area contributed by atoms with Crippen LogP contribution in [0.3, 0.4) is 0 Å². The maximum Gasteiger partial charge on any atom is 0.328 e. The van der Waals surface area contributed by atoms with E-state index in [-0.39, 0.29) is 23.5 Å². The van der Waals surface area contributed by atoms with Crippen molar-refractivity contribution in [1.29, 1.82) is 0 Å². The number of aromatic amines is 1. The number of amides is 1. The predicted molar refractivity (Wildman–Crippen MR) is 154 cm³/mol. The van der Waals surface area contributed by atoms with Crippen LogP contribution in [0.25, 0.3) is 11.1 Å². The average Bonchev–Trinajstić information content (AvgIpc) is 3.17. The van der Waals surface area contributed by atoms with Gasteiger partial charge >= 0.3 is 5.69 Å². The molecule has 9 heteroatoms. The minimum absolute atomic E-state index is 0.0934. The number of carbonyl (C=O) groups excluding carboxylic acids is 1. The third-order valence-electron chi connectivity index (χ3n) is 6.97. The second-order valence-corrected chi connectivity index (χ2v) is 9.65. The normalized spacial score (nSPS) is 14.7. The number of ether oxygens (including phenoxy) is 1. The molecule has 1 amide bonds. The Bertz CT molecular complexity index is 1510. The van der Waals surface area contributed by atoms with Crippen molar-refractivity contribution in [1.82, 2.24) is 9.55 Å². The second kappa shape index (κ2) is 11.4. The molecule has 1 atom stereocenters. The molecule has 0 radical (unpaired) electrons. The average molecular weight is 528 g/mol. The van der Waals surface area contributed by atoms with Crippen LogP contribution < -0.4 is 26.0 Å². The number of rotatable bonds is 8. The molecular formula is C30H33N5O4. The van der Waals surface area contributed by atoms with Crippen molar-refractivity contribution in [2.45, 2.75) is 32.4 Å². The van der Waals surface area contributed by atoms with E-state index in [1.165, 1.54) is 10.8 Å². The van der Waals surface area contributed by atoms with Gasteiger partial charge in [0.15, 0.2) is 0 Å². The van der Waals surface area contributed by atoms with E-state index >= 15 is 0 Å². The lowest BCUT2D eigenvalue weighted by atomic mass is 10.0. The predicted octanol–water partition coefficient (Wildman–Crippen LogP) is 4.91. The molecule has 0 fully saturated rings. The Morgan fingerprint density at radius 1 is 1.13 bits per heavy atom. The van der Waals surface area contributed by atoms with Gasteiger partial charge in [0.25, 0.3) is 5.91 Å². The first kappa shape index (κ1) is 26.0. The molecule has 39 heavy (non-hydrogen) atoms. The standard InChI is InChI=1S/C30H33N5O4/c1-20-14-16-34(26-7-4-3-6-25(26)33-20)29(37)22-10-13-24(21-8-11-23(31-2)12-9-21)27(18-22)39-17-5-15-35-28(36)19-32-30(35)38/h3-4,6-13,18-20,31,33,36H,5,14-17H2,1-2H3,(H,32,38)/t20-/m0/s1. The summed E-state index contributed by atoms with van der Waals surface area (Å²) in [6.45, 7) is 3.31. The molecule has 9 nitrogen and oxygen atoms in total. The number of hydrogen-bond donors (Lipinski definition) is 4. The van der Waals surface area contributed by atoms with E-state index in [9.17, 15) is 14.7 Å². The SMILES string of the molecule is CNc1ccc(-c2ccc(C(=O)N3CC[C@H](C)Nc4ccccc43)cc2OCCCn2c(O)c[nH]c2=O)cc1. The van der Waals surface area contributed by atoms with E-state index in [4.69, 9.17) is 4.74 Å². The van der Waals surface area contributed by atoms with Gasteiger partial charge in [0.05, 0.1) is 24.2 Å². The number of anilines is 3. The molecule has 1 aliphatic heterocycles. The summed E-state index contributed by atoms with van der Waals surface area (Å²) in [5, 5.41) is 16.5. The molecule has 202 valence electrons. The number of benzene rings is 3. The zero-order chi connectivity index (χ0) is 27.4. The van der Waals surface area contributed by atoms with E-state index in [1.807, 2.05) is 72.6 Å². The van der Waals surface area contributed by atoms with E-state index in [0.717, 1.165) is 34.6 Å². The molecule has 0 unspecified atom stereocenters. The van der Waals surface area contributed by atoms with Crippen LogP contribution in [0.2, 0.25) is 0 Å². The summed E-state index contributed by atoms with van der Waals surface area (Å²) in [6.07, 6.45) is 2.58. The maximum atomic E-state index is 13.8. The minimum atomic E-state index is -0.369. The van der Waals surface area contributed by atoms with Crippen LogP contribution in [-0.2, 0) is 6.54 Å². The van der Waals surface area contributed by atoms with Crippen molar-refractivity contribution in [3.05, 3.63) is 89.0 Å². The topological polar surface area (TPSA) is 112 Å². The first-order valence-corrected chi connectivity index (χ1v) is 13.1. The lowest BCUT2D eigenvalue weighted by Gasteiger charge is -2.23. The highest BCUT2D eigenvalue weighted by Gasteiger charge is 2.25. The van der Waals surface area contributed by atoms with E-state index in [1.54, 1.807) is 6.07 Å². The largest absolute Gasteiger partial charge is 0.493 e. The Hall–Kier alpha value is -4.66. The smallest absolute Gasteiger partial charge is 0.328 e. The number of H-pyrrole nitrogens is 1. The van der Waals surface area contributed by atoms with Crippen LogP contribution in [0.5, 0.6) is 11.6 Å². The minimum Gasteiger partial charge on any atom is -0.493 e. The molecule has 1 aromatic heterocycles. The van der Waals surface area contributed by atoms with Gasteiger partial charge in [0, 0.05) is 43.0 Å². The number of imidazole rings is 1. The fourth-order valence-corrected chi connectivity index (χ4v) is 4.82. The van der Waals surface area contributed by atoms with Crippen LogP contribution in [0.4, 0.5) is 17.1 Å². The number of nitrogens with zero attached hydrogens (tertiary/aromatic N) is 2. The van der Waals surface area contributed by atoms with E-state index in [0.29, 0.717) is 37.4 Å². The Balaban J connectivity index is 1.43. The Labute approximate surface area is 227 Å². The second-order valence-electron chi connectivity index (χ2n) is 9.65. The highest BCUT2D eigenvalue weighted by molar-refractivity contribution is 6.08. The zero-order valence-electron chi connectivity index (χ0n) is 22.1. The summed E-state index contributed by atoms with van der Waals surface area (Å²) in [5.74, 6) is 0.377. The monoisotopic (exact) mass is 527 g/mol. The zero-order valence-corrected chi connectivity index (χ0v) is 22.1. The Morgan fingerprint density at radius 3 is 2.67 bits per heavy atom. The van der Waals surface area contributed by atoms with Gasteiger partial charge in [-0.1, -0.05) is 24.3 Å². The summed E-state index contributed by atoms with van der Waals surface area (Å²) < 4.78 is 7.47. The van der Waals surface area contributed by atoms with Gasteiger partial charge in [-0.25, -0.2) is 4.79 Å². The number of nitrogens with one attached hydrogen (secondary N) is 3. The van der Waals surface area contributed by atoms with Crippen LogP contribution in [-0.4, -0.2) is 46.8 Å². The summed E-state index contributed by atoms with van der Waals surface area (Å²) in [5.41, 5.74) is 4.78. The molecular weight excluding hydrogens is 494 g/mol. The maximum absolute atomic E-state index is 13.8. The first-order chi connectivity index (χ1) is 18.9. The molecule has 0 aliphatic carbocycles. The molecule has 1 aliphatic rings. The van der Waals surface area contributed by atoms with Crippen molar-refractivity contribution < 1.29 is 14.6 Å². The van der Waals surface area contributed by atoms with Crippen LogP contribution in [0, 0.1) is 0 Å². The van der Waals surface area contributed by atoms with Gasteiger partial charge in [-0.3, -0.25) is 9.36 Å². The fraction of sp³-hybridized carbons (Fsp3) is 0.267. The molecule has 0 spiro atoms.